The topological polar surface area (TPSA) is 12.4 Å². The van der Waals surface area contributed by atoms with Gasteiger partial charge in [-0.25, -0.2) is 0 Å². The Labute approximate surface area is 87.0 Å². The third-order valence-electron chi connectivity index (χ3n) is 1.72. The molecule has 2 rings (SSSR count). The summed E-state index contributed by atoms with van der Waals surface area (Å²) in [5, 5.41) is 0. The number of thioether (sulfide) groups is 2. The highest BCUT2D eigenvalue weighted by atomic mass is 32.2. The molecular formula is C10H11NS2. The van der Waals surface area contributed by atoms with E-state index in [1.165, 1.54) is 21.4 Å². The average Bonchev–Trinajstić information content (AvgIpc) is 2.21. The predicted octanol–water partition coefficient (Wildman–Crippen LogP) is 3.27. The Morgan fingerprint density at radius 3 is 2.77 bits per heavy atom. The van der Waals surface area contributed by atoms with Crippen LogP contribution in [0.2, 0.25) is 0 Å². The van der Waals surface area contributed by atoms with Gasteiger partial charge in [0.05, 0.1) is 0 Å². The molecule has 1 aromatic carbocycles. The van der Waals surface area contributed by atoms with Crippen LogP contribution in [0, 0.1) is 0 Å². The lowest BCUT2D eigenvalue weighted by molar-refractivity contribution is 0.942. The zero-order valence-electron chi connectivity index (χ0n) is 7.27. The zero-order valence-corrected chi connectivity index (χ0v) is 8.90. The number of aliphatic imine (C=N–C) groups is 1. The van der Waals surface area contributed by atoms with Crippen LogP contribution in [0.5, 0.6) is 0 Å². The highest BCUT2D eigenvalue weighted by Gasteiger charge is 2.06. The normalized spacial score (nSPS) is 16.8. The Hall–Kier alpha value is -0.410. The highest BCUT2D eigenvalue weighted by Crippen LogP contribution is 2.28. The second kappa shape index (κ2) is 4.72. The van der Waals surface area contributed by atoms with Crippen molar-refractivity contribution >= 4 is 27.9 Å². The van der Waals surface area contributed by atoms with Crippen LogP contribution < -0.4 is 0 Å². The fourth-order valence-corrected chi connectivity index (χ4v) is 3.15. The first-order valence-corrected chi connectivity index (χ1v) is 6.15. The summed E-state index contributed by atoms with van der Waals surface area (Å²) in [6.45, 7) is 1.00. The van der Waals surface area contributed by atoms with E-state index in [4.69, 9.17) is 0 Å². The first kappa shape index (κ1) is 9.16. The lowest BCUT2D eigenvalue weighted by Gasteiger charge is -2.09. The van der Waals surface area contributed by atoms with E-state index in [2.05, 4.69) is 29.3 Å². The molecule has 0 spiro atoms. The lowest BCUT2D eigenvalue weighted by atomic mass is 10.4. The molecule has 0 aliphatic carbocycles. The Balaban J connectivity index is 2.01. The molecule has 0 fully saturated rings. The van der Waals surface area contributed by atoms with Gasteiger partial charge in [0.15, 0.2) is 0 Å². The predicted molar refractivity (Wildman–Crippen MR) is 61.7 cm³/mol. The second-order valence-electron chi connectivity index (χ2n) is 2.76. The number of hydrogen-bond acceptors (Lipinski definition) is 3. The van der Waals surface area contributed by atoms with Crippen molar-refractivity contribution in [3.05, 3.63) is 30.3 Å². The molecule has 0 saturated carbocycles. The quantitative estimate of drug-likeness (QED) is 0.704. The van der Waals surface area contributed by atoms with Crippen molar-refractivity contribution in [1.29, 1.82) is 0 Å². The molecule has 0 unspecified atom stereocenters. The molecule has 1 aromatic rings. The van der Waals surface area contributed by atoms with Crippen molar-refractivity contribution in [2.24, 2.45) is 4.99 Å². The molecule has 0 aromatic heterocycles. The third-order valence-corrected chi connectivity index (χ3v) is 4.00. The Morgan fingerprint density at radius 2 is 2.08 bits per heavy atom. The molecule has 13 heavy (non-hydrogen) atoms. The van der Waals surface area contributed by atoms with E-state index in [9.17, 15) is 0 Å². The fourth-order valence-electron chi connectivity index (χ4n) is 1.09. The van der Waals surface area contributed by atoms with Crippen molar-refractivity contribution < 1.29 is 0 Å². The summed E-state index contributed by atoms with van der Waals surface area (Å²) in [6, 6.07) is 10.4. The van der Waals surface area contributed by atoms with Gasteiger partial charge in [0.2, 0.25) is 0 Å². The Kier molecular flexibility index (Phi) is 3.33. The van der Waals surface area contributed by atoms with Gasteiger partial charge in [-0.05, 0) is 18.6 Å². The minimum absolute atomic E-state index is 1.00. The summed E-state index contributed by atoms with van der Waals surface area (Å²) >= 11 is 3.65. The molecule has 68 valence electrons. The smallest absolute Gasteiger partial charge is 0.129 e. The molecule has 0 bridgehead atoms. The van der Waals surface area contributed by atoms with Gasteiger partial charge in [0.25, 0.3) is 0 Å². The van der Waals surface area contributed by atoms with Crippen LogP contribution in [0.3, 0.4) is 0 Å². The molecule has 1 aliphatic rings. The maximum Gasteiger partial charge on any atom is 0.129 e. The Morgan fingerprint density at radius 1 is 1.23 bits per heavy atom. The SMILES string of the molecule is c1ccc(SC2=NCCCS2)cc1. The van der Waals surface area contributed by atoms with Gasteiger partial charge >= 0.3 is 0 Å². The molecule has 0 amide bonds. The minimum atomic E-state index is 1.00. The van der Waals surface area contributed by atoms with Crippen LogP contribution in [0.4, 0.5) is 0 Å². The van der Waals surface area contributed by atoms with Crippen molar-refractivity contribution in [3.63, 3.8) is 0 Å². The van der Waals surface area contributed by atoms with Crippen molar-refractivity contribution in [3.8, 4) is 0 Å². The van der Waals surface area contributed by atoms with Crippen LogP contribution in [0.1, 0.15) is 6.42 Å². The number of hydrogen-bond donors (Lipinski definition) is 0. The number of rotatable bonds is 1. The van der Waals surface area contributed by atoms with Crippen molar-refractivity contribution in [1.82, 2.24) is 0 Å². The number of benzene rings is 1. The maximum absolute atomic E-state index is 4.47. The maximum atomic E-state index is 4.47. The van der Waals surface area contributed by atoms with Gasteiger partial charge < -0.3 is 0 Å². The average molecular weight is 209 g/mol. The minimum Gasteiger partial charge on any atom is -0.271 e. The molecule has 0 N–H and O–H groups in total. The summed E-state index contributed by atoms with van der Waals surface area (Å²) in [4.78, 5) is 5.75. The molecule has 0 saturated heterocycles. The summed E-state index contributed by atoms with van der Waals surface area (Å²) in [7, 11) is 0. The van der Waals surface area contributed by atoms with Crippen LogP contribution in [-0.4, -0.2) is 16.7 Å². The Bertz CT molecular complexity index is 295. The standard InChI is InChI=1S/C10H11NS2/c1-2-5-9(6-3-1)13-10-11-7-4-8-12-10/h1-3,5-6H,4,7-8H2. The van der Waals surface area contributed by atoms with Gasteiger partial charge in [-0.15, -0.1) is 0 Å². The fraction of sp³-hybridized carbons (Fsp3) is 0.300. The van der Waals surface area contributed by atoms with Crippen LogP contribution in [0.15, 0.2) is 40.2 Å². The number of nitrogens with zero attached hydrogens (tertiary/aromatic N) is 1. The zero-order chi connectivity index (χ0) is 8.93. The molecule has 0 radical (unpaired) electrons. The van der Waals surface area contributed by atoms with Gasteiger partial charge in [-0.3, -0.25) is 4.99 Å². The molecular weight excluding hydrogens is 198 g/mol. The molecule has 3 heteroatoms. The van der Waals surface area contributed by atoms with E-state index in [-0.39, 0.29) is 0 Å². The molecule has 0 atom stereocenters. The summed E-state index contributed by atoms with van der Waals surface area (Å²) in [5.74, 6) is 1.22. The van der Waals surface area contributed by atoms with E-state index in [0.717, 1.165) is 6.54 Å². The molecule has 1 heterocycles. The van der Waals surface area contributed by atoms with E-state index < -0.39 is 0 Å². The van der Waals surface area contributed by atoms with Crippen LogP contribution in [0.25, 0.3) is 0 Å². The lowest BCUT2D eigenvalue weighted by Crippen LogP contribution is -1.99. The summed E-state index contributed by atoms with van der Waals surface area (Å²) in [6.07, 6.45) is 1.23. The van der Waals surface area contributed by atoms with Crippen molar-refractivity contribution in [2.45, 2.75) is 11.3 Å². The summed E-state index contributed by atoms with van der Waals surface area (Å²) < 4.78 is 1.22. The molecule has 1 aliphatic heterocycles. The third kappa shape index (κ3) is 2.78. The molecule has 1 nitrogen and oxygen atoms in total. The van der Waals surface area contributed by atoms with Gasteiger partial charge in [-0.1, -0.05) is 41.7 Å². The summed E-state index contributed by atoms with van der Waals surface area (Å²) in [5.41, 5.74) is 0. The van der Waals surface area contributed by atoms with Gasteiger partial charge in [0.1, 0.15) is 4.38 Å². The van der Waals surface area contributed by atoms with Crippen LogP contribution in [-0.2, 0) is 0 Å². The first-order chi connectivity index (χ1) is 6.45. The highest BCUT2D eigenvalue weighted by molar-refractivity contribution is 8.38. The first-order valence-electron chi connectivity index (χ1n) is 4.35. The van der Waals surface area contributed by atoms with Crippen molar-refractivity contribution in [2.75, 3.05) is 12.3 Å². The van der Waals surface area contributed by atoms with Crippen LogP contribution >= 0.6 is 23.5 Å². The van der Waals surface area contributed by atoms with Gasteiger partial charge in [-0.2, -0.15) is 0 Å². The monoisotopic (exact) mass is 209 g/mol. The van der Waals surface area contributed by atoms with E-state index in [1.54, 1.807) is 11.8 Å². The van der Waals surface area contributed by atoms with Gasteiger partial charge in [0, 0.05) is 17.2 Å². The van der Waals surface area contributed by atoms with E-state index >= 15 is 0 Å². The van der Waals surface area contributed by atoms with E-state index in [0.29, 0.717) is 0 Å². The second-order valence-corrected chi connectivity index (χ2v) is 5.17. The largest absolute Gasteiger partial charge is 0.271 e. The van der Waals surface area contributed by atoms with E-state index in [1.807, 2.05) is 17.8 Å².